The highest BCUT2D eigenvalue weighted by molar-refractivity contribution is 5.89. The molecule has 0 aliphatic carbocycles. The molecule has 0 N–H and O–H groups in total. The summed E-state index contributed by atoms with van der Waals surface area (Å²) in [6.07, 6.45) is -1.47. The Hall–Kier alpha value is -1.45. The Labute approximate surface area is 86.9 Å². The molecule has 1 unspecified atom stereocenters. The molecule has 1 aromatic rings. The normalized spacial score (nSPS) is 12.2. The number of hydrogen-bond donors (Lipinski definition) is 0. The fourth-order valence-electron chi connectivity index (χ4n) is 1.21. The van der Waals surface area contributed by atoms with Gasteiger partial charge in [-0.3, -0.25) is 4.39 Å². The zero-order chi connectivity index (χ0) is 11.3. The highest BCUT2D eigenvalue weighted by Crippen LogP contribution is 2.21. The Bertz CT molecular complexity index is 322. The Morgan fingerprint density at radius 3 is 2.47 bits per heavy atom. The maximum Gasteiger partial charge on any atom is 0.337 e. The van der Waals surface area contributed by atoms with Crippen LogP contribution in [0.25, 0.3) is 0 Å². The number of benzene rings is 1. The van der Waals surface area contributed by atoms with Gasteiger partial charge in [-0.25, -0.2) is 9.18 Å². The highest BCUT2D eigenvalue weighted by atomic mass is 19.1. The fraction of sp³-hybridized carbons (Fsp3) is 0.364. The van der Waals surface area contributed by atoms with Crippen molar-refractivity contribution in [1.82, 2.24) is 0 Å². The van der Waals surface area contributed by atoms with Gasteiger partial charge in [0.2, 0.25) is 0 Å². The fourth-order valence-corrected chi connectivity index (χ4v) is 1.21. The SMILES string of the molecule is COC(=O)c1ccc(C(F)CCF)cc1. The largest absolute Gasteiger partial charge is 0.465 e. The number of carbonyl (C=O) groups excluding carboxylic acids is 1. The Kier molecular flexibility index (Phi) is 4.21. The first kappa shape index (κ1) is 11.6. The lowest BCUT2D eigenvalue weighted by molar-refractivity contribution is 0.0600. The van der Waals surface area contributed by atoms with E-state index in [1.807, 2.05) is 0 Å². The lowest BCUT2D eigenvalue weighted by Crippen LogP contribution is -2.01. The van der Waals surface area contributed by atoms with Crippen molar-refractivity contribution < 1.29 is 18.3 Å². The van der Waals surface area contributed by atoms with Crippen molar-refractivity contribution >= 4 is 5.97 Å². The molecular weight excluding hydrogens is 202 g/mol. The molecule has 15 heavy (non-hydrogen) atoms. The minimum Gasteiger partial charge on any atom is -0.465 e. The van der Waals surface area contributed by atoms with Crippen molar-refractivity contribution in [3.05, 3.63) is 35.4 Å². The maximum atomic E-state index is 13.2. The molecular formula is C11H12F2O2. The molecule has 2 nitrogen and oxygen atoms in total. The average Bonchev–Trinajstić information content (AvgIpc) is 2.28. The van der Waals surface area contributed by atoms with E-state index in [9.17, 15) is 13.6 Å². The molecule has 0 bridgehead atoms. The standard InChI is InChI=1S/C11H12F2O2/c1-15-11(14)9-4-2-8(3-5-9)10(13)6-7-12/h2-5,10H,6-7H2,1H3. The van der Waals surface area contributed by atoms with Crippen molar-refractivity contribution in [3.63, 3.8) is 0 Å². The van der Waals surface area contributed by atoms with E-state index in [2.05, 4.69) is 4.74 Å². The summed E-state index contributed by atoms with van der Waals surface area (Å²) < 4.78 is 29.6. The van der Waals surface area contributed by atoms with Gasteiger partial charge in [0.25, 0.3) is 0 Å². The molecule has 0 amide bonds. The van der Waals surface area contributed by atoms with E-state index in [-0.39, 0.29) is 6.42 Å². The topological polar surface area (TPSA) is 26.3 Å². The van der Waals surface area contributed by atoms with E-state index >= 15 is 0 Å². The molecule has 0 aliphatic heterocycles. The second-order valence-electron chi connectivity index (χ2n) is 3.06. The third kappa shape index (κ3) is 3.01. The van der Waals surface area contributed by atoms with Gasteiger partial charge >= 0.3 is 5.97 Å². The summed E-state index contributed by atoms with van der Waals surface area (Å²) in [4.78, 5) is 11.0. The summed E-state index contributed by atoms with van der Waals surface area (Å²) in [7, 11) is 1.28. The summed E-state index contributed by atoms with van der Waals surface area (Å²) in [6.45, 7) is -0.695. The average molecular weight is 214 g/mol. The third-order valence-corrected chi connectivity index (χ3v) is 2.06. The molecule has 0 aromatic heterocycles. The minimum absolute atomic E-state index is 0.155. The van der Waals surface area contributed by atoms with Gasteiger partial charge in [0.1, 0.15) is 6.17 Å². The molecule has 4 heteroatoms. The number of alkyl halides is 2. The van der Waals surface area contributed by atoms with Gasteiger partial charge in [-0.2, -0.15) is 0 Å². The number of carbonyl (C=O) groups is 1. The van der Waals surface area contributed by atoms with E-state index in [1.54, 1.807) is 0 Å². The Balaban J connectivity index is 2.76. The summed E-state index contributed by atoms with van der Waals surface area (Å²) in [5.41, 5.74) is 0.731. The van der Waals surface area contributed by atoms with Crippen molar-refractivity contribution in [1.29, 1.82) is 0 Å². The second-order valence-corrected chi connectivity index (χ2v) is 3.06. The van der Waals surface area contributed by atoms with Crippen molar-refractivity contribution in [3.8, 4) is 0 Å². The van der Waals surface area contributed by atoms with Crippen LogP contribution in [0.2, 0.25) is 0 Å². The Morgan fingerprint density at radius 1 is 1.40 bits per heavy atom. The molecule has 0 radical (unpaired) electrons. The number of esters is 1. The van der Waals surface area contributed by atoms with Gasteiger partial charge in [0, 0.05) is 6.42 Å². The number of methoxy groups -OCH3 is 1. The first-order chi connectivity index (χ1) is 7.19. The van der Waals surface area contributed by atoms with Gasteiger partial charge in [0.15, 0.2) is 0 Å². The molecule has 0 saturated carbocycles. The summed E-state index contributed by atoms with van der Waals surface area (Å²) in [5, 5.41) is 0. The molecule has 0 spiro atoms. The van der Waals surface area contributed by atoms with E-state index < -0.39 is 18.8 Å². The van der Waals surface area contributed by atoms with Crippen LogP contribution in [0.4, 0.5) is 8.78 Å². The molecule has 0 saturated heterocycles. The van der Waals surface area contributed by atoms with E-state index in [1.165, 1.54) is 31.4 Å². The summed E-state index contributed by atoms with van der Waals surface area (Å²) in [6, 6.07) is 5.86. The molecule has 82 valence electrons. The van der Waals surface area contributed by atoms with Crippen LogP contribution in [0, 0.1) is 0 Å². The van der Waals surface area contributed by atoms with Gasteiger partial charge in [-0.1, -0.05) is 12.1 Å². The third-order valence-electron chi connectivity index (χ3n) is 2.06. The second kappa shape index (κ2) is 5.44. The molecule has 1 aromatic carbocycles. The van der Waals surface area contributed by atoms with Crippen molar-refractivity contribution in [2.24, 2.45) is 0 Å². The zero-order valence-corrected chi connectivity index (χ0v) is 8.37. The van der Waals surface area contributed by atoms with Crippen LogP contribution in [0.3, 0.4) is 0 Å². The molecule has 0 fully saturated rings. The number of hydrogen-bond acceptors (Lipinski definition) is 2. The predicted molar refractivity (Wildman–Crippen MR) is 52.2 cm³/mol. The molecule has 0 heterocycles. The summed E-state index contributed by atoms with van der Waals surface area (Å²) >= 11 is 0. The minimum atomic E-state index is -1.32. The lowest BCUT2D eigenvalue weighted by atomic mass is 10.1. The smallest absolute Gasteiger partial charge is 0.337 e. The first-order valence-electron chi connectivity index (χ1n) is 4.57. The van der Waals surface area contributed by atoms with E-state index in [0.29, 0.717) is 11.1 Å². The van der Waals surface area contributed by atoms with Crippen LogP contribution < -0.4 is 0 Å². The lowest BCUT2D eigenvalue weighted by Gasteiger charge is -2.06. The van der Waals surface area contributed by atoms with Gasteiger partial charge < -0.3 is 4.74 Å². The monoisotopic (exact) mass is 214 g/mol. The number of halogens is 2. The van der Waals surface area contributed by atoms with E-state index in [0.717, 1.165) is 0 Å². The van der Waals surface area contributed by atoms with Crippen molar-refractivity contribution in [2.45, 2.75) is 12.6 Å². The van der Waals surface area contributed by atoms with Crippen LogP contribution in [0.15, 0.2) is 24.3 Å². The number of rotatable bonds is 4. The van der Waals surface area contributed by atoms with Crippen LogP contribution in [-0.4, -0.2) is 19.8 Å². The van der Waals surface area contributed by atoms with Crippen molar-refractivity contribution in [2.75, 3.05) is 13.8 Å². The molecule has 1 atom stereocenters. The van der Waals surface area contributed by atoms with Crippen LogP contribution in [0.5, 0.6) is 0 Å². The van der Waals surface area contributed by atoms with Gasteiger partial charge in [-0.15, -0.1) is 0 Å². The van der Waals surface area contributed by atoms with Crippen LogP contribution in [0.1, 0.15) is 28.5 Å². The van der Waals surface area contributed by atoms with Gasteiger partial charge in [0.05, 0.1) is 19.3 Å². The highest BCUT2D eigenvalue weighted by Gasteiger charge is 2.10. The Morgan fingerprint density at radius 2 is 2.00 bits per heavy atom. The van der Waals surface area contributed by atoms with Crippen LogP contribution in [-0.2, 0) is 4.74 Å². The molecule has 0 aliphatic rings. The van der Waals surface area contributed by atoms with Gasteiger partial charge in [-0.05, 0) is 17.7 Å². The quantitative estimate of drug-likeness (QED) is 0.720. The molecule has 1 rings (SSSR count). The summed E-state index contributed by atoms with van der Waals surface area (Å²) in [5.74, 6) is -0.470. The number of ether oxygens (including phenoxy) is 1. The van der Waals surface area contributed by atoms with E-state index in [4.69, 9.17) is 0 Å². The zero-order valence-electron chi connectivity index (χ0n) is 8.37. The van der Waals surface area contributed by atoms with Crippen LogP contribution >= 0.6 is 0 Å². The first-order valence-corrected chi connectivity index (χ1v) is 4.57. The predicted octanol–water partition coefficient (Wildman–Crippen LogP) is 2.84. The maximum absolute atomic E-state index is 13.2.